The standard InChI is InChI=1S/C29H33NO5S/c1-19-15-21(17-22(16-19)29(2,3)4)20-11-13-23(14-12-20)30(36(33)34)26-9-5-8-25-24(26)7-6-10-27(25)35-18-28(31)32/h6-7,10-17,26H,5,8-9,18H2,1-4H3,(H,31,32)(H,33,34). The van der Waals surface area contributed by atoms with Gasteiger partial charge in [-0.3, -0.25) is 8.86 Å². The Kier molecular flexibility index (Phi) is 7.52. The average molecular weight is 508 g/mol. The summed E-state index contributed by atoms with van der Waals surface area (Å²) < 4.78 is 30.0. The van der Waals surface area contributed by atoms with Crippen LogP contribution in [0.4, 0.5) is 5.69 Å². The van der Waals surface area contributed by atoms with Crippen molar-refractivity contribution in [3.8, 4) is 16.9 Å². The summed E-state index contributed by atoms with van der Waals surface area (Å²) in [6.07, 6.45) is 2.24. The van der Waals surface area contributed by atoms with Crippen LogP contribution < -0.4 is 9.04 Å². The maximum Gasteiger partial charge on any atom is 0.341 e. The number of aliphatic carboxylic acids is 1. The number of carboxylic acids is 1. The summed E-state index contributed by atoms with van der Waals surface area (Å²) in [6, 6.07) is 19.5. The highest BCUT2D eigenvalue weighted by Crippen LogP contribution is 2.41. The molecular weight excluding hydrogens is 474 g/mol. The average Bonchev–Trinajstić information content (AvgIpc) is 2.82. The smallest absolute Gasteiger partial charge is 0.341 e. The Bertz CT molecular complexity index is 1280. The van der Waals surface area contributed by atoms with E-state index in [1.165, 1.54) is 15.4 Å². The Morgan fingerprint density at radius 2 is 1.81 bits per heavy atom. The lowest BCUT2D eigenvalue weighted by molar-refractivity contribution is -0.139. The fourth-order valence-electron chi connectivity index (χ4n) is 4.87. The minimum absolute atomic E-state index is 0.0344. The molecule has 0 saturated heterocycles. The van der Waals surface area contributed by atoms with Crippen molar-refractivity contribution in [3.63, 3.8) is 0 Å². The molecule has 0 amide bonds. The molecule has 0 bridgehead atoms. The summed E-state index contributed by atoms with van der Waals surface area (Å²) in [5.41, 5.74) is 7.10. The first kappa shape index (κ1) is 25.9. The molecule has 0 aromatic heterocycles. The largest absolute Gasteiger partial charge is 0.482 e. The molecular formula is C29H33NO5S. The quantitative estimate of drug-likeness (QED) is 0.359. The Morgan fingerprint density at radius 1 is 1.08 bits per heavy atom. The molecule has 2 atom stereocenters. The number of carboxylic acid groups (broad SMARTS) is 1. The van der Waals surface area contributed by atoms with E-state index in [9.17, 15) is 13.6 Å². The third kappa shape index (κ3) is 5.63. The zero-order valence-corrected chi connectivity index (χ0v) is 22.0. The maximum atomic E-state index is 12.6. The molecule has 0 saturated carbocycles. The van der Waals surface area contributed by atoms with E-state index < -0.39 is 23.8 Å². The number of hydrogen-bond acceptors (Lipinski definition) is 3. The number of ether oxygens (including phenoxy) is 1. The Balaban J connectivity index is 1.67. The van der Waals surface area contributed by atoms with Crippen LogP contribution in [-0.4, -0.2) is 26.4 Å². The maximum absolute atomic E-state index is 12.6. The molecule has 2 N–H and O–H groups in total. The molecule has 190 valence electrons. The second-order valence-electron chi connectivity index (χ2n) is 10.4. The van der Waals surface area contributed by atoms with Crippen molar-refractivity contribution >= 4 is 22.9 Å². The zero-order chi connectivity index (χ0) is 26.0. The number of benzene rings is 3. The lowest BCUT2D eigenvalue weighted by atomic mass is 9.84. The number of fused-ring (bicyclic) bond motifs is 1. The minimum Gasteiger partial charge on any atom is -0.482 e. The van der Waals surface area contributed by atoms with E-state index in [4.69, 9.17) is 9.84 Å². The summed E-state index contributed by atoms with van der Waals surface area (Å²) in [7, 11) is 0. The molecule has 3 aromatic carbocycles. The molecule has 4 rings (SSSR count). The normalized spacial score (nSPS) is 16.2. The number of rotatable bonds is 7. The van der Waals surface area contributed by atoms with E-state index in [1.807, 2.05) is 30.3 Å². The summed E-state index contributed by atoms with van der Waals surface area (Å²) >= 11 is -2.25. The van der Waals surface area contributed by atoms with Gasteiger partial charge in [-0.25, -0.2) is 9.00 Å². The Morgan fingerprint density at radius 3 is 2.44 bits per heavy atom. The third-order valence-corrected chi connectivity index (χ3v) is 7.44. The summed E-state index contributed by atoms with van der Waals surface area (Å²) in [6.45, 7) is 8.27. The van der Waals surface area contributed by atoms with Gasteiger partial charge in [-0.1, -0.05) is 68.8 Å². The number of aryl methyl sites for hydroxylation is 1. The van der Waals surface area contributed by atoms with Crippen molar-refractivity contribution in [2.75, 3.05) is 10.9 Å². The van der Waals surface area contributed by atoms with Crippen LogP contribution in [0.2, 0.25) is 0 Å². The molecule has 0 radical (unpaired) electrons. The van der Waals surface area contributed by atoms with Crippen molar-refractivity contribution in [2.24, 2.45) is 0 Å². The monoisotopic (exact) mass is 507 g/mol. The predicted molar refractivity (Wildman–Crippen MR) is 144 cm³/mol. The van der Waals surface area contributed by atoms with Crippen LogP contribution in [0.5, 0.6) is 5.75 Å². The second-order valence-corrected chi connectivity index (χ2v) is 11.2. The first-order valence-corrected chi connectivity index (χ1v) is 13.2. The topological polar surface area (TPSA) is 87.1 Å². The second kappa shape index (κ2) is 10.4. The fraction of sp³-hybridized carbons (Fsp3) is 0.345. The number of nitrogens with zero attached hydrogens (tertiary/aromatic N) is 1. The fourth-order valence-corrected chi connectivity index (χ4v) is 5.61. The van der Waals surface area contributed by atoms with Gasteiger partial charge in [-0.05, 0) is 77.6 Å². The van der Waals surface area contributed by atoms with Crippen LogP contribution in [-0.2, 0) is 27.9 Å². The lowest BCUT2D eigenvalue weighted by Gasteiger charge is -2.35. The molecule has 0 spiro atoms. The van der Waals surface area contributed by atoms with Gasteiger partial charge < -0.3 is 9.84 Å². The Hall–Kier alpha value is -3.16. The molecule has 0 fully saturated rings. The van der Waals surface area contributed by atoms with Crippen LogP contribution in [0.1, 0.15) is 61.9 Å². The van der Waals surface area contributed by atoms with Crippen molar-refractivity contribution in [1.29, 1.82) is 0 Å². The highest BCUT2D eigenvalue weighted by molar-refractivity contribution is 7.80. The van der Waals surface area contributed by atoms with Gasteiger partial charge >= 0.3 is 5.97 Å². The van der Waals surface area contributed by atoms with E-state index >= 15 is 0 Å². The van der Waals surface area contributed by atoms with Gasteiger partial charge in [0.05, 0.1) is 11.7 Å². The lowest BCUT2D eigenvalue weighted by Crippen LogP contribution is -2.33. The summed E-state index contributed by atoms with van der Waals surface area (Å²) in [5.74, 6) is -0.519. The van der Waals surface area contributed by atoms with Crippen LogP contribution in [0.25, 0.3) is 11.1 Å². The molecule has 3 aromatic rings. The zero-order valence-electron chi connectivity index (χ0n) is 21.2. The van der Waals surface area contributed by atoms with E-state index in [-0.39, 0.29) is 11.5 Å². The van der Waals surface area contributed by atoms with Crippen molar-refractivity contribution in [2.45, 2.75) is 58.4 Å². The van der Waals surface area contributed by atoms with Gasteiger partial charge in [0.15, 0.2) is 6.61 Å². The van der Waals surface area contributed by atoms with E-state index in [0.29, 0.717) is 17.9 Å². The SMILES string of the molecule is Cc1cc(-c2ccc(N(C3CCCc4c(OCC(=O)O)cccc43)S(=O)O)cc2)cc(C(C)(C)C)c1. The van der Waals surface area contributed by atoms with Gasteiger partial charge in [-0.2, -0.15) is 0 Å². The molecule has 0 aliphatic heterocycles. The molecule has 0 heterocycles. The molecule has 1 aliphatic carbocycles. The summed E-state index contributed by atoms with van der Waals surface area (Å²) in [5, 5.41) is 9.01. The number of hydrogen-bond donors (Lipinski definition) is 2. The van der Waals surface area contributed by atoms with Gasteiger partial charge in [0, 0.05) is 0 Å². The van der Waals surface area contributed by atoms with Gasteiger partial charge in [-0.15, -0.1) is 0 Å². The van der Waals surface area contributed by atoms with Crippen LogP contribution in [0.3, 0.4) is 0 Å². The molecule has 2 unspecified atom stereocenters. The van der Waals surface area contributed by atoms with Crippen molar-refractivity contribution in [3.05, 3.63) is 82.9 Å². The van der Waals surface area contributed by atoms with Gasteiger partial charge in [0.2, 0.25) is 0 Å². The number of anilines is 1. The third-order valence-electron chi connectivity index (χ3n) is 6.63. The highest BCUT2D eigenvalue weighted by atomic mass is 32.2. The first-order chi connectivity index (χ1) is 17.0. The van der Waals surface area contributed by atoms with E-state index in [1.54, 1.807) is 12.1 Å². The predicted octanol–water partition coefficient (Wildman–Crippen LogP) is 6.44. The Labute approximate surface area is 215 Å². The molecule has 7 heteroatoms. The van der Waals surface area contributed by atoms with Crippen molar-refractivity contribution in [1.82, 2.24) is 0 Å². The highest BCUT2D eigenvalue weighted by Gasteiger charge is 2.31. The summed E-state index contributed by atoms with van der Waals surface area (Å²) in [4.78, 5) is 11.0. The first-order valence-electron chi connectivity index (χ1n) is 12.1. The van der Waals surface area contributed by atoms with Gasteiger partial charge in [0.25, 0.3) is 11.3 Å². The minimum atomic E-state index is -2.25. The van der Waals surface area contributed by atoms with Crippen LogP contribution in [0.15, 0.2) is 60.7 Å². The van der Waals surface area contributed by atoms with E-state index in [2.05, 4.69) is 45.9 Å². The van der Waals surface area contributed by atoms with E-state index in [0.717, 1.165) is 35.1 Å². The number of carbonyl (C=O) groups is 1. The van der Waals surface area contributed by atoms with Crippen LogP contribution in [0, 0.1) is 6.92 Å². The molecule has 36 heavy (non-hydrogen) atoms. The molecule has 6 nitrogen and oxygen atoms in total. The van der Waals surface area contributed by atoms with Crippen LogP contribution >= 0.6 is 0 Å². The van der Waals surface area contributed by atoms with Gasteiger partial charge in [0.1, 0.15) is 5.75 Å². The molecule has 1 aliphatic rings. The van der Waals surface area contributed by atoms with Crippen molar-refractivity contribution < 1.29 is 23.4 Å².